The second-order valence-electron chi connectivity index (χ2n) is 6.71. The summed E-state index contributed by atoms with van der Waals surface area (Å²) in [4.78, 5) is 16.5. The Morgan fingerprint density at radius 1 is 1.25 bits per heavy atom. The van der Waals surface area contributed by atoms with Gasteiger partial charge in [-0.1, -0.05) is 30.3 Å². The van der Waals surface area contributed by atoms with E-state index in [-0.39, 0.29) is 17.5 Å². The predicted molar refractivity (Wildman–Crippen MR) is 93.5 cm³/mol. The van der Waals surface area contributed by atoms with Crippen molar-refractivity contribution < 1.29 is 9.18 Å². The third-order valence-electron chi connectivity index (χ3n) is 4.80. The minimum Gasteiger partial charge on any atom is -0.340 e. The standard InChI is InChI=1S/C20H23FN2O/c1-14-8-9-18(19(21)10-14)20(24)23(3)13-17-11-15-6-4-5-7-16(15)12-22(17)2/h4-10,17H,11-13H2,1-3H3/t17-/m1/s1. The highest BCUT2D eigenvalue weighted by molar-refractivity contribution is 5.94. The number of halogens is 1. The van der Waals surface area contributed by atoms with Crippen LogP contribution in [0.15, 0.2) is 42.5 Å². The van der Waals surface area contributed by atoms with Gasteiger partial charge in [0.05, 0.1) is 5.56 Å². The lowest BCUT2D eigenvalue weighted by Crippen LogP contribution is -2.46. The Bertz CT molecular complexity index is 759. The molecule has 0 aromatic heterocycles. The van der Waals surface area contributed by atoms with Gasteiger partial charge in [-0.25, -0.2) is 4.39 Å². The Balaban J connectivity index is 1.72. The third kappa shape index (κ3) is 3.34. The SMILES string of the molecule is Cc1ccc(C(=O)N(C)C[C@H]2Cc3ccccc3CN2C)c(F)c1. The van der Waals surface area contributed by atoms with Crippen molar-refractivity contribution in [1.82, 2.24) is 9.80 Å². The van der Waals surface area contributed by atoms with Crippen LogP contribution in [0.4, 0.5) is 4.39 Å². The summed E-state index contributed by atoms with van der Waals surface area (Å²) in [5.74, 6) is -0.714. The highest BCUT2D eigenvalue weighted by Crippen LogP contribution is 2.23. The zero-order valence-corrected chi connectivity index (χ0v) is 14.4. The van der Waals surface area contributed by atoms with Crippen LogP contribution in [0.3, 0.4) is 0 Å². The molecule has 1 aliphatic rings. The van der Waals surface area contributed by atoms with E-state index in [1.54, 1.807) is 24.1 Å². The first kappa shape index (κ1) is 16.7. The van der Waals surface area contributed by atoms with Crippen molar-refractivity contribution in [2.75, 3.05) is 20.6 Å². The van der Waals surface area contributed by atoms with Crippen LogP contribution >= 0.6 is 0 Å². The summed E-state index contributed by atoms with van der Waals surface area (Å²) in [5.41, 5.74) is 3.63. The molecule has 126 valence electrons. The lowest BCUT2D eigenvalue weighted by Gasteiger charge is -2.36. The second kappa shape index (κ2) is 6.73. The van der Waals surface area contributed by atoms with Crippen LogP contribution in [0.2, 0.25) is 0 Å². The summed E-state index contributed by atoms with van der Waals surface area (Å²) in [6, 6.07) is 13.4. The first-order valence-corrected chi connectivity index (χ1v) is 8.24. The molecule has 1 heterocycles. The molecule has 24 heavy (non-hydrogen) atoms. The zero-order valence-electron chi connectivity index (χ0n) is 14.4. The second-order valence-corrected chi connectivity index (χ2v) is 6.71. The lowest BCUT2D eigenvalue weighted by atomic mass is 9.94. The van der Waals surface area contributed by atoms with Gasteiger partial charge in [0.2, 0.25) is 0 Å². The van der Waals surface area contributed by atoms with Gasteiger partial charge in [-0.3, -0.25) is 9.69 Å². The van der Waals surface area contributed by atoms with Gasteiger partial charge in [-0.15, -0.1) is 0 Å². The molecule has 2 aromatic rings. The molecule has 1 amide bonds. The Morgan fingerprint density at radius 3 is 2.67 bits per heavy atom. The smallest absolute Gasteiger partial charge is 0.256 e. The van der Waals surface area contributed by atoms with E-state index in [1.807, 2.05) is 6.92 Å². The lowest BCUT2D eigenvalue weighted by molar-refractivity contribution is 0.0729. The van der Waals surface area contributed by atoms with Crippen molar-refractivity contribution >= 4 is 5.91 Å². The van der Waals surface area contributed by atoms with E-state index in [2.05, 4.69) is 36.2 Å². The molecule has 0 unspecified atom stereocenters. The van der Waals surface area contributed by atoms with E-state index in [9.17, 15) is 9.18 Å². The minimum atomic E-state index is -0.450. The fourth-order valence-corrected chi connectivity index (χ4v) is 3.32. The highest BCUT2D eigenvalue weighted by atomic mass is 19.1. The van der Waals surface area contributed by atoms with Gasteiger partial charge in [-0.2, -0.15) is 0 Å². The molecule has 2 aromatic carbocycles. The largest absolute Gasteiger partial charge is 0.340 e. The maximum absolute atomic E-state index is 14.1. The van der Waals surface area contributed by atoms with E-state index in [4.69, 9.17) is 0 Å². The van der Waals surface area contributed by atoms with Crippen LogP contribution in [0.1, 0.15) is 27.0 Å². The van der Waals surface area contributed by atoms with Gasteiger partial charge >= 0.3 is 0 Å². The van der Waals surface area contributed by atoms with E-state index in [0.29, 0.717) is 6.54 Å². The molecule has 0 spiro atoms. The molecular formula is C20H23FN2O. The molecule has 0 saturated heterocycles. The van der Waals surface area contributed by atoms with Gasteiger partial charge in [0.1, 0.15) is 5.82 Å². The number of amides is 1. The Kier molecular flexibility index (Phi) is 4.67. The van der Waals surface area contributed by atoms with Gasteiger partial charge < -0.3 is 4.90 Å². The van der Waals surface area contributed by atoms with E-state index >= 15 is 0 Å². The number of aryl methyl sites for hydroxylation is 1. The predicted octanol–water partition coefficient (Wildman–Crippen LogP) is 3.26. The summed E-state index contributed by atoms with van der Waals surface area (Å²) in [6.07, 6.45) is 0.903. The summed E-state index contributed by atoms with van der Waals surface area (Å²) in [7, 11) is 3.82. The first-order valence-electron chi connectivity index (χ1n) is 8.24. The van der Waals surface area contributed by atoms with Crippen LogP contribution < -0.4 is 0 Å². The molecule has 0 bridgehead atoms. The summed E-state index contributed by atoms with van der Waals surface area (Å²) < 4.78 is 14.1. The van der Waals surface area contributed by atoms with Gasteiger partial charge in [0, 0.05) is 26.2 Å². The number of nitrogens with zero attached hydrogens (tertiary/aromatic N) is 2. The first-order chi connectivity index (χ1) is 11.5. The summed E-state index contributed by atoms with van der Waals surface area (Å²) >= 11 is 0. The van der Waals surface area contributed by atoms with Crippen molar-refractivity contribution in [2.45, 2.75) is 25.9 Å². The molecule has 4 heteroatoms. The average molecular weight is 326 g/mol. The molecular weight excluding hydrogens is 303 g/mol. The Hall–Kier alpha value is -2.20. The Morgan fingerprint density at radius 2 is 1.96 bits per heavy atom. The highest BCUT2D eigenvalue weighted by Gasteiger charge is 2.26. The molecule has 0 radical (unpaired) electrons. The number of carbonyl (C=O) groups excluding carboxylic acids is 1. The van der Waals surface area contributed by atoms with Gasteiger partial charge in [-0.05, 0) is 49.2 Å². The molecule has 0 aliphatic carbocycles. The fraction of sp³-hybridized carbons (Fsp3) is 0.350. The maximum Gasteiger partial charge on any atom is 0.256 e. The van der Waals surface area contributed by atoms with Crippen molar-refractivity contribution in [2.24, 2.45) is 0 Å². The number of carbonyl (C=O) groups is 1. The molecule has 3 rings (SSSR count). The van der Waals surface area contributed by atoms with Crippen LogP contribution in [0.5, 0.6) is 0 Å². The number of rotatable bonds is 3. The van der Waals surface area contributed by atoms with Crippen molar-refractivity contribution in [3.8, 4) is 0 Å². The molecule has 0 fully saturated rings. The van der Waals surface area contributed by atoms with Crippen LogP contribution in [0, 0.1) is 12.7 Å². The van der Waals surface area contributed by atoms with Crippen molar-refractivity contribution in [3.63, 3.8) is 0 Å². The third-order valence-corrected chi connectivity index (χ3v) is 4.80. The summed E-state index contributed by atoms with van der Waals surface area (Å²) in [5, 5.41) is 0. The van der Waals surface area contributed by atoms with Crippen LogP contribution in [0.25, 0.3) is 0 Å². The molecule has 1 atom stereocenters. The van der Waals surface area contributed by atoms with E-state index in [1.165, 1.54) is 17.2 Å². The van der Waals surface area contributed by atoms with Gasteiger partial charge in [0.15, 0.2) is 0 Å². The average Bonchev–Trinajstić information content (AvgIpc) is 2.55. The number of benzene rings is 2. The van der Waals surface area contributed by atoms with Crippen LogP contribution in [-0.2, 0) is 13.0 Å². The number of fused-ring (bicyclic) bond motifs is 1. The van der Waals surface area contributed by atoms with E-state index < -0.39 is 5.82 Å². The van der Waals surface area contributed by atoms with E-state index in [0.717, 1.165) is 18.5 Å². The van der Waals surface area contributed by atoms with Gasteiger partial charge in [0.25, 0.3) is 5.91 Å². The number of hydrogen-bond acceptors (Lipinski definition) is 2. The topological polar surface area (TPSA) is 23.6 Å². The maximum atomic E-state index is 14.1. The molecule has 1 aliphatic heterocycles. The number of hydrogen-bond donors (Lipinski definition) is 0. The van der Waals surface area contributed by atoms with Crippen molar-refractivity contribution in [1.29, 1.82) is 0 Å². The minimum absolute atomic E-state index is 0.141. The molecule has 0 saturated carbocycles. The molecule has 3 nitrogen and oxygen atoms in total. The zero-order chi connectivity index (χ0) is 17.3. The normalized spacial score (nSPS) is 17.4. The van der Waals surface area contributed by atoms with Crippen LogP contribution in [-0.4, -0.2) is 42.4 Å². The quantitative estimate of drug-likeness (QED) is 0.864. The molecule has 0 N–H and O–H groups in total. The number of likely N-dealkylation sites (N-methyl/N-ethyl adjacent to an activating group) is 2. The monoisotopic (exact) mass is 326 g/mol. The Labute approximate surface area is 142 Å². The summed E-state index contributed by atoms with van der Waals surface area (Å²) in [6.45, 7) is 3.27. The fourth-order valence-electron chi connectivity index (χ4n) is 3.32. The van der Waals surface area contributed by atoms with Crippen molar-refractivity contribution in [3.05, 3.63) is 70.5 Å².